The van der Waals surface area contributed by atoms with Gasteiger partial charge in [-0.05, 0) is 38.0 Å². The third-order valence-electron chi connectivity index (χ3n) is 6.73. The SMILES string of the molecule is CC(C)(C)OC(=O)NC1CN(C(=O)CN2C=CC(NC(=O)OCc3ccccc3)NC2=O)CC1COCc1ccccc1. The Kier molecular flexibility index (Phi) is 10.6. The van der Waals surface area contributed by atoms with Crippen molar-refractivity contribution < 1.29 is 33.4 Å². The molecular weight excluding hydrogens is 554 g/mol. The van der Waals surface area contributed by atoms with E-state index in [0.29, 0.717) is 19.8 Å². The van der Waals surface area contributed by atoms with Gasteiger partial charge < -0.3 is 29.7 Å². The summed E-state index contributed by atoms with van der Waals surface area (Å²) in [7, 11) is 0. The first-order chi connectivity index (χ1) is 20.6. The van der Waals surface area contributed by atoms with Crippen LogP contribution in [0.2, 0.25) is 0 Å². The standard InChI is InChI=1S/C31H39N5O7/c1-31(2,3)43-30(40)32-25-17-36(16-24(25)21-41-19-22-10-6-4-7-11-22)27(37)18-35-15-14-26(33-28(35)38)34-29(39)42-20-23-12-8-5-9-13-23/h4-15,24-26H,16-21H2,1-3H3,(H,32,40)(H,33,38)(H,34,39). The van der Waals surface area contributed by atoms with Gasteiger partial charge in [0.1, 0.15) is 24.9 Å². The van der Waals surface area contributed by atoms with Crippen LogP contribution in [0.4, 0.5) is 14.4 Å². The third kappa shape index (κ3) is 10.0. The van der Waals surface area contributed by atoms with Crippen LogP contribution in [0.1, 0.15) is 31.9 Å². The Hall–Kier alpha value is -4.58. The summed E-state index contributed by atoms with van der Waals surface area (Å²) in [6.45, 7) is 6.51. The minimum atomic E-state index is -0.789. The monoisotopic (exact) mass is 593 g/mol. The van der Waals surface area contributed by atoms with Gasteiger partial charge in [0.25, 0.3) is 0 Å². The Balaban J connectivity index is 1.29. The molecule has 0 radical (unpaired) electrons. The van der Waals surface area contributed by atoms with Crippen LogP contribution in [0, 0.1) is 5.92 Å². The van der Waals surface area contributed by atoms with Gasteiger partial charge in [0, 0.05) is 25.2 Å². The summed E-state index contributed by atoms with van der Waals surface area (Å²) in [5.74, 6) is -0.476. The maximum atomic E-state index is 13.2. The zero-order valence-electron chi connectivity index (χ0n) is 24.7. The van der Waals surface area contributed by atoms with Crippen molar-refractivity contribution in [1.82, 2.24) is 25.8 Å². The Morgan fingerprint density at radius 2 is 1.56 bits per heavy atom. The summed E-state index contributed by atoms with van der Waals surface area (Å²) in [5.41, 5.74) is 1.18. The number of hydrogen-bond acceptors (Lipinski definition) is 7. The lowest BCUT2D eigenvalue weighted by Crippen LogP contribution is -2.55. The van der Waals surface area contributed by atoms with Crippen LogP contribution in [0.5, 0.6) is 0 Å². The molecule has 5 amide bonds. The van der Waals surface area contributed by atoms with Crippen LogP contribution in [0.25, 0.3) is 0 Å². The van der Waals surface area contributed by atoms with Crippen LogP contribution >= 0.6 is 0 Å². The highest BCUT2D eigenvalue weighted by atomic mass is 16.6. The second kappa shape index (κ2) is 14.5. The number of ether oxygens (including phenoxy) is 3. The van der Waals surface area contributed by atoms with E-state index in [1.165, 1.54) is 11.1 Å². The van der Waals surface area contributed by atoms with Gasteiger partial charge in [-0.25, -0.2) is 14.4 Å². The number of benzene rings is 2. The number of alkyl carbamates (subject to hydrolysis) is 2. The first-order valence-corrected chi connectivity index (χ1v) is 14.2. The van der Waals surface area contributed by atoms with Gasteiger partial charge in [-0.2, -0.15) is 0 Å². The second-order valence-electron chi connectivity index (χ2n) is 11.4. The number of urea groups is 1. The van der Waals surface area contributed by atoms with E-state index in [0.717, 1.165) is 11.1 Å². The van der Waals surface area contributed by atoms with Gasteiger partial charge in [-0.3, -0.25) is 15.0 Å². The summed E-state index contributed by atoms with van der Waals surface area (Å²) in [6.07, 6.45) is 0.951. The molecule has 2 aromatic rings. The molecule has 3 unspecified atom stereocenters. The Bertz CT molecular complexity index is 1280. The first-order valence-electron chi connectivity index (χ1n) is 14.2. The average molecular weight is 594 g/mol. The number of nitrogens with one attached hydrogen (secondary N) is 3. The van der Waals surface area contributed by atoms with Crippen molar-refractivity contribution in [2.24, 2.45) is 5.92 Å². The highest BCUT2D eigenvalue weighted by Gasteiger charge is 2.38. The summed E-state index contributed by atoms with van der Waals surface area (Å²) in [6, 6.07) is 18.0. The molecule has 0 aliphatic carbocycles. The fourth-order valence-electron chi connectivity index (χ4n) is 4.64. The van der Waals surface area contributed by atoms with Crippen molar-refractivity contribution in [2.75, 3.05) is 26.2 Å². The first kappa shape index (κ1) is 31.4. The van der Waals surface area contributed by atoms with E-state index in [1.54, 1.807) is 31.7 Å². The lowest BCUT2D eigenvalue weighted by Gasteiger charge is -2.28. The molecule has 43 heavy (non-hydrogen) atoms. The number of carbonyl (C=O) groups excluding carboxylic acids is 4. The molecular formula is C31H39N5O7. The van der Waals surface area contributed by atoms with Crippen LogP contribution in [-0.4, -0.2) is 78.0 Å². The maximum absolute atomic E-state index is 13.2. The quantitative estimate of drug-likeness (QED) is 0.384. The van der Waals surface area contributed by atoms with E-state index >= 15 is 0 Å². The molecule has 2 aromatic carbocycles. The molecule has 3 atom stereocenters. The highest BCUT2D eigenvalue weighted by Crippen LogP contribution is 2.20. The van der Waals surface area contributed by atoms with E-state index in [1.807, 2.05) is 60.7 Å². The highest BCUT2D eigenvalue weighted by molar-refractivity contribution is 5.86. The molecule has 12 heteroatoms. The number of nitrogens with zero attached hydrogens (tertiary/aromatic N) is 2. The normalized spacial score (nSPS) is 19.9. The van der Waals surface area contributed by atoms with Gasteiger partial charge >= 0.3 is 18.2 Å². The van der Waals surface area contributed by atoms with Crippen LogP contribution in [-0.2, 0) is 32.2 Å². The fourth-order valence-corrected chi connectivity index (χ4v) is 4.64. The van der Waals surface area contributed by atoms with Crippen molar-refractivity contribution in [3.05, 3.63) is 84.1 Å². The molecule has 2 aliphatic rings. The van der Waals surface area contributed by atoms with Crippen molar-refractivity contribution in [3.63, 3.8) is 0 Å². The molecule has 230 valence electrons. The fraction of sp³-hybridized carbons (Fsp3) is 0.419. The third-order valence-corrected chi connectivity index (χ3v) is 6.73. The second-order valence-corrected chi connectivity index (χ2v) is 11.4. The zero-order valence-corrected chi connectivity index (χ0v) is 24.7. The Labute approximate surface area is 251 Å². The van der Waals surface area contributed by atoms with Gasteiger partial charge in [0.15, 0.2) is 0 Å². The summed E-state index contributed by atoms with van der Waals surface area (Å²) < 4.78 is 16.6. The molecule has 1 fully saturated rings. The van der Waals surface area contributed by atoms with Crippen LogP contribution in [0.3, 0.4) is 0 Å². The van der Waals surface area contributed by atoms with Crippen molar-refractivity contribution in [2.45, 2.75) is 51.8 Å². The van der Waals surface area contributed by atoms with Crippen molar-refractivity contribution in [1.29, 1.82) is 0 Å². The molecule has 4 rings (SSSR count). The molecule has 12 nitrogen and oxygen atoms in total. The predicted octanol–water partition coefficient (Wildman–Crippen LogP) is 3.35. The smallest absolute Gasteiger partial charge is 0.409 e. The predicted molar refractivity (Wildman–Crippen MR) is 157 cm³/mol. The molecule has 0 bridgehead atoms. The molecule has 0 spiro atoms. The largest absolute Gasteiger partial charge is 0.445 e. The van der Waals surface area contributed by atoms with E-state index in [2.05, 4.69) is 16.0 Å². The van der Waals surface area contributed by atoms with Gasteiger partial charge in [-0.15, -0.1) is 0 Å². The topological polar surface area (TPSA) is 139 Å². The number of rotatable bonds is 10. The Morgan fingerprint density at radius 3 is 2.19 bits per heavy atom. The minimum Gasteiger partial charge on any atom is -0.445 e. The molecule has 2 heterocycles. The summed E-state index contributed by atoms with van der Waals surface area (Å²) in [4.78, 5) is 53.4. The van der Waals surface area contributed by atoms with E-state index in [9.17, 15) is 19.2 Å². The van der Waals surface area contributed by atoms with Gasteiger partial charge in [0.2, 0.25) is 5.91 Å². The Morgan fingerprint density at radius 1 is 0.907 bits per heavy atom. The summed E-state index contributed by atoms with van der Waals surface area (Å²) in [5, 5.41) is 8.06. The van der Waals surface area contributed by atoms with Gasteiger partial charge in [-0.1, -0.05) is 60.7 Å². The molecule has 3 N–H and O–H groups in total. The minimum absolute atomic E-state index is 0.0928. The molecule has 2 aliphatic heterocycles. The number of hydrogen-bond donors (Lipinski definition) is 3. The van der Waals surface area contributed by atoms with E-state index in [4.69, 9.17) is 14.2 Å². The van der Waals surface area contributed by atoms with Crippen LogP contribution in [0.15, 0.2) is 72.9 Å². The number of carbonyl (C=O) groups is 4. The van der Waals surface area contributed by atoms with Crippen molar-refractivity contribution >= 4 is 24.1 Å². The van der Waals surface area contributed by atoms with E-state index in [-0.39, 0.29) is 31.5 Å². The van der Waals surface area contributed by atoms with Crippen LogP contribution < -0.4 is 16.0 Å². The van der Waals surface area contributed by atoms with Gasteiger partial charge in [0.05, 0.1) is 19.3 Å². The zero-order chi connectivity index (χ0) is 30.8. The molecule has 1 saturated heterocycles. The number of likely N-dealkylation sites (tertiary alicyclic amines) is 1. The van der Waals surface area contributed by atoms with Crippen molar-refractivity contribution in [3.8, 4) is 0 Å². The molecule has 0 saturated carbocycles. The molecule has 0 aromatic heterocycles. The lowest BCUT2D eigenvalue weighted by molar-refractivity contribution is -0.130. The average Bonchev–Trinajstić information content (AvgIpc) is 3.35. The van der Waals surface area contributed by atoms with E-state index < -0.39 is 36.0 Å². The lowest BCUT2D eigenvalue weighted by atomic mass is 10.1. The summed E-state index contributed by atoms with van der Waals surface area (Å²) >= 11 is 0. The number of amides is 5. The maximum Gasteiger partial charge on any atom is 0.409 e.